The highest BCUT2D eigenvalue weighted by molar-refractivity contribution is 5.94. The molecule has 0 unspecified atom stereocenters. The topological polar surface area (TPSA) is 37.6 Å². The van der Waals surface area contributed by atoms with Crippen molar-refractivity contribution >= 4 is 16.6 Å². The fraction of sp³-hybridized carbons (Fsp3) is 0.444. The van der Waals surface area contributed by atoms with Crippen molar-refractivity contribution in [3.63, 3.8) is 0 Å². The van der Waals surface area contributed by atoms with E-state index in [2.05, 4.69) is 72.1 Å². The van der Waals surface area contributed by atoms with Crippen molar-refractivity contribution in [1.82, 2.24) is 4.90 Å². The average molecular weight is 435 g/mol. The third kappa shape index (κ3) is 4.02. The fourth-order valence-corrected chi connectivity index (χ4v) is 5.03. The Balaban J connectivity index is 1.79. The molecule has 0 saturated heterocycles. The Labute approximate surface area is 192 Å². The molecule has 3 aromatic rings. The number of methoxy groups -OCH3 is 2. The summed E-state index contributed by atoms with van der Waals surface area (Å²) in [6.07, 6.45) is 3.14. The van der Waals surface area contributed by atoms with E-state index in [1.165, 1.54) is 39.0 Å². The average Bonchev–Trinajstić information content (AvgIpc) is 2.84. The SMILES string of the molecule is CCN(CC)CCCNc1c2c([n+](C)c3ccccc13)-c1cc(OC)c(OC)cc1CC2. The van der Waals surface area contributed by atoms with E-state index in [9.17, 15) is 0 Å². The van der Waals surface area contributed by atoms with Gasteiger partial charge in [-0.2, -0.15) is 4.57 Å². The van der Waals surface area contributed by atoms with Crippen molar-refractivity contribution < 1.29 is 14.0 Å². The lowest BCUT2D eigenvalue weighted by atomic mass is 9.86. The molecular formula is C27H36N3O2+. The van der Waals surface area contributed by atoms with E-state index in [0.29, 0.717) is 0 Å². The monoisotopic (exact) mass is 434 g/mol. The number of benzene rings is 2. The predicted octanol–water partition coefficient (Wildman–Crippen LogP) is 4.59. The maximum Gasteiger partial charge on any atom is 0.218 e. The van der Waals surface area contributed by atoms with Gasteiger partial charge in [-0.25, -0.2) is 0 Å². The Kier molecular flexibility index (Phi) is 6.85. The van der Waals surface area contributed by atoms with Crippen LogP contribution >= 0.6 is 0 Å². The minimum absolute atomic E-state index is 0.779. The van der Waals surface area contributed by atoms with Crippen LogP contribution < -0.4 is 19.4 Å². The number of nitrogens with zero attached hydrogens (tertiary/aromatic N) is 2. The Morgan fingerprint density at radius 3 is 2.44 bits per heavy atom. The smallest absolute Gasteiger partial charge is 0.218 e. The van der Waals surface area contributed by atoms with Gasteiger partial charge in [-0.05, 0) is 62.7 Å². The third-order valence-electron chi connectivity index (χ3n) is 6.81. The van der Waals surface area contributed by atoms with Crippen LogP contribution in [-0.4, -0.2) is 45.3 Å². The Morgan fingerprint density at radius 2 is 1.72 bits per heavy atom. The fourth-order valence-electron chi connectivity index (χ4n) is 5.03. The van der Waals surface area contributed by atoms with E-state index in [-0.39, 0.29) is 0 Å². The first-order valence-electron chi connectivity index (χ1n) is 11.8. The molecular weight excluding hydrogens is 398 g/mol. The lowest BCUT2D eigenvalue weighted by Crippen LogP contribution is -2.36. The number of ether oxygens (including phenoxy) is 2. The summed E-state index contributed by atoms with van der Waals surface area (Å²) in [4.78, 5) is 2.48. The lowest BCUT2D eigenvalue weighted by Gasteiger charge is -2.24. The molecule has 5 heteroatoms. The molecule has 0 fully saturated rings. The normalized spacial score (nSPS) is 12.6. The zero-order chi connectivity index (χ0) is 22.7. The second-order valence-corrected chi connectivity index (χ2v) is 8.45. The van der Waals surface area contributed by atoms with Crippen molar-refractivity contribution in [1.29, 1.82) is 0 Å². The molecule has 0 aliphatic heterocycles. The van der Waals surface area contributed by atoms with Crippen molar-refractivity contribution in [3.05, 3.63) is 47.5 Å². The quantitative estimate of drug-likeness (QED) is 0.395. The number of anilines is 1. The number of hydrogen-bond donors (Lipinski definition) is 1. The molecule has 0 amide bonds. The molecule has 170 valence electrons. The van der Waals surface area contributed by atoms with Gasteiger partial charge in [-0.1, -0.05) is 26.0 Å². The number of hydrogen-bond acceptors (Lipinski definition) is 4. The van der Waals surface area contributed by atoms with Gasteiger partial charge in [0.25, 0.3) is 0 Å². The van der Waals surface area contributed by atoms with Crippen molar-refractivity contribution in [2.45, 2.75) is 33.1 Å². The molecule has 4 rings (SSSR count). The molecule has 0 spiro atoms. The van der Waals surface area contributed by atoms with Crippen LogP contribution in [0.2, 0.25) is 0 Å². The van der Waals surface area contributed by atoms with E-state index >= 15 is 0 Å². The Hall–Kier alpha value is -2.79. The predicted molar refractivity (Wildman–Crippen MR) is 132 cm³/mol. The van der Waals surface area contributed by atoms with Gasteiger partial charge in [0.15, 0.2) is 11.5 Å². The first-order valence-corrected chi connectivity index (χ1v) is 11.8. The van der Waals surface area contributed by atoms with Gasteiger partial charge in [0.2, 0.25) is 11.2 Å². The molecule has 1 N–H and O–H groups in total. The third-order valence-corrected chi connectivity index (χ3v) is 6.81. The molecule has 0 bridgehead atoms. The molecule has 1 aromatic heterocycles. The second kappa shape index (κ2) is 9.78. The lowest BCUT2D eigenvalue weighted by molar-refractivity contribution is -0.634. The van der Waals surface area contributed by atoms with Crippen LogP contribution in [0.1, 0.15) is 31.4 Å². The van der Waals surface area contributed by atoms with Crippen molar-refractivity contribution in [2.75, 3.05) is 45.7 Å². The van der Waals surface area contributed by atoms with Crippen molar-refractivity contribution in [3.8, 4) is 22.8 Å². The molecule has 0 atom stereocenters. The highest BCUT2D eigenvalue weighted by Crippen LogP contribution is 2.42. The summed E-state index contributed by atoms with van der Waals surface area (Å²) in [5.74, 6) is 1.58. The highest BCUT2D eigenvalue weighted by atomic mass is 16.5. The van der Waals surface area contributed by atoms with Gasteiger partial charge >= 0.3 is 0 Å². The largest absolute Gasteiger partial charge is 0.493 e. The molecule has 1 aliphatic carbocycles. The summed E-state index contributed by atoms with van der Waals surface area (Å²) < 4.78 is 13.6. The van der Waals surface area contributed by atoms with Gasteiger partial charge in [0, 0.05) is 18.2 Å². The number of para-hydroxylation sites is 1. The van der Waals surface area contributed by atoms with E-state index in [1.807, 2.05) is 0 Å². The van der Waals surface area contributed by atoms with Gasteiger partial charge in [-0.3, -0.25) is 0 Å². The first kappa shape index (κ1) is 22.4. The molecule has 5 nitrogen and oxygen atoms in total. The zero-order valence-electron chi connectivity index (χ0n) is 20.1. The first-order chi connectivity index (χ1) is 15.6. The second-order valence-electron chi connectivity index (χ2n) is 8.45. The number of aromatic nitrogens is 1. The zero-order valence-corrected chi connectivity index (χ0v) is 20.1. The van der Waals surface area contributed by atoms with Gasteiger partial charge < -0.3 is 19.7 Å². The van der Waals surface area contributed by atoms with Gasteiger partial charge in [0.1, 0.15) is 7.05 Å². The maximum atomic E-state index is 5.64. The Morgan fingerprint density at radius 1 is 1.00 bits per heavy atom. The minimum atomic E-state index is 0.779. The summed E-state index contributed by atoms with van der Waals surface area (Å²) >= 11 is 0. The number of nitrogens with one attached hydrogen (secondary N) is 1. The summed E-state index contributed by atoms with van der Waals surface area (Å²) in [7, 11) is 5.59. The van der Waals surface area contributed by atoms with E-state index in [4.69, 9.17) is 9.47 Å². The molecule has 0 radical (unpaired) electrons. The molecule has 1 heterocycles. The number of rotatable bonds is 9. The maximum absolute atomic E-state index is 5.64. The van der Waals surface area contributed by atoms with E-state index < -0.39 is 0 Å². The van der Waals surface area contributed by atoms with E-state index in [0.717, 1.165) is 56.9 Å². The van der Waals surface area contributed by atoms with Crippen LogP contribution in [0.15, 0.2) is 36.4 Å². The number of fused-ring (bicyclic) bond motifs is 4. The summed E-state index contributed by atoms with van der Waals surface area (Å²) in [6.45, 7) is 8.79. The summed E-state index contributed by atoms with van der Waals surface area (Å²) in [6, 6.07) is 13.0. The number of pyridine rings is 1. The summed E-state index contributed by atoms with van der Waals surface area (Å²) in [5.41, 5.74) is 7.75. The van der Waals surface area contributed by atoms with Crippen LogP contribution in [-0.2, 0) is 19.9 Å². The van der Waals surface area contributed by atoms with Crippen LogP contribution in [0, 0.1) is 0 Å². The molecule has 2 aromatic carbocycles. The van der Waals surface area contributed by atoms with Crippen LogP contribution in [0.25, 0.3) is 22.2 Å². The van der Waals surface area contributed by atoms with Gasteiger partial charge in [-0.15, -0.1) is 0 Å². The molecule has 32 heavy (non-hydrogen) atoms. The van der Waals surface area contributed by atoms with Gasteiger partial charge in [0.05, 0.1) is 30.9 Å². The van der Waals surface area contributed by atoms with E-state index in [1.54, 1.807) is 14.2 Å². The summed E-state index contributed by atoms with van der Waals surface area (Å²) in [5, 5.41) is 5.12. The molecule has 0 saturated carbocycles. The van der Waals surface area contributed by atoms with Crippen LogP contribution in [0.3, 0.4) is 0 Å². The standard InChI is InChI=1S/C27H35N3O2/c1-6-30(7-2)16-10-15-28-26-20-11-8-9-12-23(20)29(3)27-21(26)14-13-19-17-24(31-4)25(32-5)18-22(19)27/h8-9,11-12,17-18H,6-7,10,13-16H2,1-5H3/p+1. The highest BCUT2D eigenvalue weighted by Gasteiger charge is 2.31. The Bertz CT molecular complexity index is 1110. The minimum Gasteiger partial charge on any atom is -0.493 e. The van der Waals surface area contributed by atoms with Crippen LogP contribution in [0.4, 0.5) is 5.69 Å². The number of aryl methyl sites for hydroxylation is 2. The van der Waals surface area contributed by atoms with Crippen LogP contribution in [0.5, 0.6) is 11.5 Å². The molecule has 1 aliphatic rings. The van der Waals surface area contributed by atoms with Crippen molar-refractivity contribution in [2.24, 2.45) is 7.05 Å².